The van der Waals surface area contributed by atoms with Crippen molar-refractivity contribution in [3.05, 3.63) is 58.2 Å². The number of carbonyl (C=O) groups excluding carboxylic acids is 1. The lowest BCUT2D eigenvalue weighted by Crippen LogP contribution is -2.33. The Morgan fingerprint density at radius 2 is 1.95 bits per heavy atom. The molecule has 2 rings (SSSR count). The Kier molecular flexibility index (Phi) is 6.67. The van der Waals surface area contributed by atoms with E-state index in [1.165, 1.54) is 0 Å². The molecule has 0 saturated heterocycles. The molecule has 0 radical (unpaired) electrons. The van der Waals surface area contributed by atoms with Crippen molar-refractivity contribution in [3.8, 4) is 5.75 Å². The highest BCUT2D eigenvalue weighted by Gasteiger charge is 2.07. The van der Waals surface area contributed by atoms with Gasteiger partial charge in [0.25, 0.3) is 0 Å². The lowest BCUT2D eigenvalue weighted by molar-refractivity contribution is -0.117. The van der Waals surface area contributed by atoms with Crippen LogP contribution in [0.1, 0.15) is 0 Å². The Morgan fingerprint density at radius 1 is 1.18 bits per heavy atom. The molecule has 5 heteroatoms. The van der Waals surface area contributed by atoms with E-state index in [1.54, 1.807) is 0 Å². The highest BCUT2D eigenvalue weighted by molar-refractivity contribution is 14.1. The third-order valence-electron chi connectivity index (χ3n) is 3.01. The quantitative estimate of drug-likeness (QED) is 0.713. The number of hydrogen-bond donors (Lipinski definition) is 1. The van der Waals surface area contributed by atoms with E-state index in [0.29, 0.717) is 19.7 Å². The highest BCUT2D eigenvalue weighted by atomic mass is 127. The number of nitrogens with zero attached hydrogens (tertiary/aromatic N) is 1. The topological polar surface area (TPSA) is 41.6 Å². The van der Waals surface area contributed by atoms with Gasteiger partial charge in [0.05, 0.1) is 6.54 Å². The van der Waals surface area contributed by atoms with Gasteiger partial charge < -0.3 is 10.1 Å². The van der Waals surface area contributed by atoms with Crippen molar-refractivity contribution in [2.45, 2.75) is 0 Å². The van der Waals surface area contributed by atoms with Crippen molar-refractivity contribution >= 4 is 34.2 Å². The third kappa shape index (κ3) is 6.03. The second-order valence-corrected chi connectivity index (χ2v) is 6.20. The average Bonchev–Trinajstić information content (AvgIpc) is 2.48. The second-order valence-electron chi connectivity index (χ2n) is 4.96. The van der Waals surface area contributed by atoms with E-state index < -0.39 is 0 Å². The van der Waals surface area contributed by atoms with Crippen molar-refractivity contribution in [2.75, 3.05) is 32.1 Å². The molecule has 2 aromatic carbocycles. The van der Waals surface area contributed by atoms with Gasteiger partial charge in [-0.2, -0.15) is 0 Å². The van der Waals surface area contributed by atoms with Crippen LogP contribution in [0.2, 0.25) is 0 Å². The summed E-state index contributed by atoms with van der Waals surface area (Å²) < 4.78 is 6.72. The summed E-state index contributed by atoms with van der Waals surface area (Å²) in [6.45, 7) is 1.58. The van der Waals surface area contributed by atoms with Crippen LogP contribution in [-0.4, -0.2) is 37.6 Å². The Balaban J connectivity index is 1.70. The molecule has 0 aliphatic carbocycles. The minimum absolute atomic E-state index is 0.0239. The summed E-state index contributed by atoms with van der Waals surface area (Å²) in [5.74, 6) is 0.823. The smallest absolute Gasteiger partial charge is 0.238 e. The number of likely N-dealkylation sites (N-methyl/N-ethyl adjacent to an activating group) is 1. The lowest BCUT2D eigenvalue weighted by Gasteiger charge is -2.16. The molecule has 0 heterocycles. The van der Waals surface area contributed by atoms with Crippen LogP contribution in [0, 0.1) is 3.57 Å². The van der Waals surface area contributed by atoms with Gasteiger partial charge in [0.2, 0.25) is 5.91 Å². The molecule has 0 aliphatic rings. The first-order valence-corrected chi connectivity index (χ1v) is 8.13. The van der Waals surface area contributed by atoms with Gasteiger partial charge in [0.1, 0.15) is 12.4 Å². The Bertz CT molecular complexity index is 605. The van der Waals surface area contributed by atoms with Gasteiger partial charge in [0, 0.05) is 15.8 Å². The van der Waals surface area contributed by atoms with Gasteiger partial charge in [-0.25, -0.2) is 0 Å². The van der Waals surface area contributed by atoms with Crippen LogP contribution < -0.4 is 10.1 Å². The number of hydrogen-bond acceptors (Lipinski definition) is 3. The summed E-state index contributed by atoms with van der Waals surface area (Å²) in [5.41, 5.74) is 0.825. The van der Waals surface area contributed by atoms with E-state index in [1.807, 2.05) is 66.5 Å². The van der Waals surface area contributed by atoms with Gasteiger partial charge in [-0.1, -0.05) is 24.3 Å². The monoisotopic (exact) mass is 410 g/mol. The largest absolute Gasteiger partial charge is 0.492 e. The van der Waals surface area contributed by atoms with Crippen molar-refractivity contribution in [1.82, 2.24) is 4.90 Å². The third-order valence-corrected chi connectivity index (χ3v) is 3.68. The summed E-state index contributed by atoms with van der Waals surface area (Å²) >= 11 is 2.22. The maximum absolute atomic E-state index is 12.0. The molecule has 2 aromatic rings. The fourth-order valence-electron chi connectivity index (χ4n) is 1.93. The van der Waals surface area contributed by atoms with Gasteiger partial charge >= 0.3 is 0 Å². The molecule has 0 fully saturated rings. The first kappa shape index (κ1) is 16.8. The Morgan fingerprint density at radius 3 is 2.68 bits per heavy atom. The van der Waals surface area contributed by atoms with E-state index >= 15 is 0 Å². The number of nitrogens with one attached hydrogen (secondary N) is 1. The molecule has 0 bridgehead atoms. The molecule has 0 unspecified atom stereocenters. The average molecular weight is 410 g/mol. The summed E-state index contributed by atoms with van der Waals surface area (Å²) in [6.07, 6.45) is 0. The molecule has 0 atom stereocenters. The van der Waals surface area contributed by atoms with Crippen LogP contribution in [0.25, 0.3) is 0 Å². The molecular weight excluding hydrogens is 391 g/mol. The van der Waals surface area contributed by atoms with Crippen LogP contribution in [0.4, 0.5) is 5.69 Å². The van der Waals surface area contributed by atoms with Crippen molar-refractivity contribution in [2.24, 2.45) is 0 Å². The molecule has 0 spiro atoms. The molecule has 4 nitrogen and oxygen atoms in total. The van der Waals surface area contributed by atoms with Crippen LogP contribution in [0.5, 0.6) is 5.75 Å². The van der Waals surface area contributed by atoms with Crippen molar-refractivity contribution in [3.63, 3.8) is 0 Å². The van der Waals surface area contributed by atoms with Crippen molar-refractivity contribution < 1.29 is 9.53 Å². The Labute approximate surface area is 144 Å². The SMILES string of the molecule is CN(CCOc1ccccc1)CC(=O)Nc1cccc(I)c1. The number of carbonyl (C=O) groups is 1. The molecular formula is C17H19IN2O2. The fraction of sp³-hybridized carbons (Fsp3) is 0.235. The van der Waals surface area contributed by atoms with Crippen LogP contribution in [-0.2, 0) is 4.79 Å². The fourth-order valence-corrected chi connectivity index (χ4v) is 2.47. The summed E-state index contributed by atoms with van der Waals surface area (Å²) in [5, 5.41) is 2.90. The number of halogens is 1. The predicted octanol–water partition coefficient (Wildman–Crippen LogP) is 3.24. The van der Waals surface area contributed by atoms with Gasteiger partial charge in [-0.05, 0) is 60.0 Å². The van der Waals surface area contributed by atoms with E-state index in [0.717, 1.165) is 15.0 Å². The zero-order valence-electron chi connectivity index (χ0n) is 12.5. The van der Waals surface area contributed by atoms with E-state index in [9.17, 15) is 4.79 Å². The molecule has 116 valence electrons. The molecule has 0 aliphatic heterocycles. The molecule has 22 heavy (non-hydrogen) atoms. The number of para-hydroxylation sites is 1. The Hall–Kier alpha value is -1.60. The summed E-state index contributed by atoms with van der Waals surface area (Å²) in [4.78, 5) is 13.9. The highest BCUT2D eigenvalue weighted by Crippen LogP contribution is 2.12. The number of ether oxygens (including phenoxy) is 1. The normalized spacial score (nSPS) is 10.5. The number of anilines is 1. The molecule has 1 amide bonds. The summed E-state index contributed by atoms with van der Waals surface area (Å²) in [7, 11) is 1.91. The first-order valence-electron chi connectivity index (χ1n) is 7.05. The van der Waals surface area contributed by atoms with Gasteiger partial charge in [-0.15, -0.1) is 0 Å². The summed E-state index contributed by atoms with van der Waals surface area (Å²) in [6, 6.07) is 17.4. The van der Waals surface area contributed by atoms with Crippen LogP contribution in [0.15, 0.2) is 54.6 Å². The van der Waals surface area contributed by atoms with Crippen LogP contribution >= 0.6 is 22.6 Å². The van der Waals surface area contributed by atoms with Gasteiger partial charge in [0.15, 0.2) is 0 Å². The van der Waals surface area contributed by atoms with Gasteiger partial charge in [-0.3, -0.25) is 9.69 Å². The zero-order chi connectivity index (χ0) is 15.8. The standard InChI is InChI=1S/C17H19IN2O2/c1-20(10-11-22-16-8-3-2-4-9-16)13-17(21)19-15-7-5-6-14(18)12-15/h2-9,12H,10-11,13H2,1H3,(H,19,21). The molecule has 0 saturated carbocycles. The zero-order valence-corrected chi connectivity index (χ0v) is 14.6. The maximum atomic E-state index is 12.0. The first-order chi connectivity index (χ1) is 10.6. The lowest BCUT2D eigenvalue weighted by atomic mass is 10.3. The number of rotatable bonds is 7. The molecule has 0 aromatic heterocycles. The maximum Gasteiger partial charge on any atom is 0.238 e. The number of benzene rings is 2. The second kappa shape index (κ2) is 8.75. The van der Waals surface area contributed by atoms with E-state index in [2.05, 4.69) is 27.9 Å². The predicted molar refractivity (Wildman–Crippen MR) is 97.2 cm³/mol. The van der Waals surface area contributed by atoms with E-state index in [4.69, 9.17) is 4.74 Å². The minimum Gasteiger partial charge on any atom is -0.492 e. The van der Waals surface area contributed by atoms with Crippen molar-refractivity contribution in [1.29, 1.82) is 0 Å². The van der Waals surface area contributed by atoms with E-state index in [-0.39, 0.29) is 5.91 Å². The minimum atomic E-state index is -0.0239. The number of amides is 1. The van der Waals surface area contributed by atoms with Crippen LogP contribution in [0.3, 0.4) is 0 Å². The molecule has 1 N–H and O–H groups in total.